The zero-order valence-electron chi connectivity index (χ0n) is 31.1. The Morgan fingerprint density at radius 3 is 1.49 bits per heavy atom. The maximum absolute atomic E-state index is 2.45. The Morgan fingerprint density at radius 2 is 0.842 bits per heavy atom. The first-order chi connectivity index (χ1) is 28.3. The Morgan fingerprint density at radius 1 is 0.333 bits per heavy atom. The highest BCUT2D eigenvalue weighted by Gasteiger charge is 2.23. The Balaban J connectivity index is 1.21. The van der Waals surface area contributed by atoms with Crippen LogP contribution in [0.15, 0.2) is 218 Å². The highest BCUT2D eigenvalue weighted by molar-refractivity contribution is 7.25. The molecule has 9 aromatic carbocycles. The molecular formula is C54H36N2S. The van der Waals surface area contributed by atoms with Crippen molar-refractivity contribution in [2.45, 2.75) is 0 Å². The molecule has 0 fully saturated rings. The van der Waals surface area contributed by atoms with Crippen LogP contribution >= 0.6 is 11.3 Å². The number of hydrogen-bond acceptors (Lipinski definition) is 2. The lowest BCUT2D eigenvalue weighted by atomic mass is 9.97. The number of para-hydroxylation sites is 2. The van der Waals surface area contributed by atoms with Crippen LogP contribution in [0.1, 0.15) is 0 Å². The van der Waals surface area contributed by atoms with Crippen molar-refractivity contribution in [3.63, 3.8) is 0 Å². The van der Waals surface area contributed by atoms with E-state index in [4.69, 9.17) is 0 Å². The summed E-state index contributed by atoms with van der Waals surface area (Å²) in [6, 6.07) is 79.5. The number of hydrogen-bond donors (Lipinski definition) is 0. The summed E-state index contributed by atoms with van der Waals surface area (Å²) in [5.41, 5.74) is 13.9. The molecule has 0 aliphatic carbocycles. The molecule has 0 amide bonds. The molecule has 2 aromatic heterocycles. The van der Waals surface area contributed by atoms with Crippen molar-refractivity contribution < 1.29 is 0 Å². The van der Waals surface area contributed by atoms with Crippen LogP contribution in [-0.4, -0.2) is 4.57 Å². The molecule has 0 aliphatic heterocycles. The van der Waals surface area contributed by atoms with Crippen LogP contribution in [0.2, 0.25) is 0 Å². The van der Waals surface area contributed by atoms with Gasteiger partial charge in [-0.05, 0) is 101 Å². The predicted molar refractivity (Wildman–Crippen MR) is 245 cm³/mol. The Kier molecular flexibility index (Phi) is 8.04. The first-order valence-electron chi connectivity index (χ1n) is 19.4. The number of fused-ring (bicyclic) bond motifs is 6. The number of aromatic nitrogens is 1. The molecule has 2 nitrogen and oxygen atoms in total. The smallest absolute Gasteiger partial charge is 0.0562 e. The lowest BCUT2D eigenvalue weighted by molar-refractivity contribution is 1.18. The lowest BCUT2D eigenvalue weighted by Crippen LogP contribution is -2.11. The number of nitrogens with zero attached hydrogens (tertiary/aromatic N) is 2. The minimum absolute atomic E-state index is 1.09. The number of benzene rings is 9. The van der Waals surface area contributed by atoms with E-state index >= 15 is 0 Å². The van der Waals surface area contributed by atoms with Gasteiger partial charge in [-0.15, -0.1) is 11.3 Å². The average Bonchev–Trinajstić information content (AvgIpc) is 3.82. The van der Waals surface area contributed by atoms with E-state index in [0.717, 1.165) is 28.3 Å². The molecule has 0 saturated heterocycles. The van der Waals surface area contributed by atoms with E-state index < -0.39 is 0 Å². The van der Waals surface area contributed by atoms with Crippen molar-refractivity contribution in [2.24, 2.45) is 0 Å². The monoisotopic (exact) mass is 744 g/mol. The quantitative estimate of drug-likeness (QED) is 0.158. The minimum atomic E-state index is 1.09. The third-order valence-corrected chi connectivity index (χ3v) is 12.4. The molecule has 0 bridgehead atoms. The van der Waals surface area contributed by atoms with E-state index in [9.17, 15) is 0 Å². The van der Waals surface area contributed by atoms with Crippen molar-refractivity contribution in [3.05, 3.63) is 218 Å². The molecule has 268 valence electrons. The van der Waals surface area contributed by atoms with E-state index in [1.165, 1.54) is 69.8 Å². The van der Waals surface area contributed by atoms with Crippen molar-refractivity contribution in [2.75, 3.05) is 4.90 Å². The van der Waals surface area contributed by atoms with Crippen LogP contribution in [0.3, 0.4) is 0 Å². The fourth-order valence-electron chi connectivity index (χ4n) is 8.46. The van der Waals surface area contributed by atoms with Crippen LogP contribution in [0.4, 0.5) is 17.1 Å². The number of rotatable bonds is 7. The van der Waals surface area contributed by atoms with Crippen LogP contribution in [0.5, 0.6) is 0 Å². The van der Waals surface area contributed by atoms with Crippen LogP contribution < -0.4 is 4.90 Å². The largest absolute Gasteiger partial charge is 0.310 e. The number of anilines is 3. The van der Waals surface area contributed by atoms with Crippen LogP contribution in [-0.2, 0) is 0 Å². The van der Waals surface area contributed by atoms with Gasteiger partial charge in [0.05, 0.1) is 16.7 Å². The van der Waals surface area contributed by atoms with Crippen molar-refractivity contribution in [1.82, 2.24) is 4.57 Å². The normalized spacial score (nSPS) is 11.5. The average molecular weight is 745 g/mol. The standard InChI is InChI=1S/C54H36N2S/c1-4-14-37(15-5-1)39-24-29-43(30-25-39)55(44-31-26-40(27-32-44)38-16-6-2-7-17-38)51-36-52-48(45-20-10-12-22-50(45)56(52)42-18-8-3-9-19-42)35-47(51)41-28-33-54-49(34-41)46-21-11-13-23-53(46)57-54/h1-36H. The second-order valence-corrected chi connectivity index (χ2v) is 15.6. The van der Waals surface area contributed by atoms with Crippen molar-refractivity contribution >= 4 is 70.4 Å². The van der Waals surface area contributed by atoms with Crippen LogP contribution in [0, 0.1) is 0 Å². The minimum Gasteiger partial charge on any atom is -0.310 e. The van der Waals surface area contributed by atoms with E-state index in [-0.39, 0.29) is 0 Å². The van der Waals surface area contributed by atoms with Gasteiger partial charge in [0, 0.05) is 53.6 Å². The SMILES string of the molecule is c1ccc(-c2ccc(N(c3ccc(-c4ccccc4)cc3)c3cc4c(cc3-c3ccc5sc6ccccc6c5c3)c3ccccc3n4-c3ccccc3)cc2)cc1. The van der Waals surface area contributed by atoms with Gasteiger partial charge in [0.2, 0.25) is 0 Å². The highest BCUT2D eigenvalue weighted by atomic mass is 32.1. The molecule has 11 rings (SSSR count). The fraction of sp³-hybridized carbons (Fsp3) is 0. The summed E-state index contributed by atoms with van der Waals surface area (Å²) in [6.45, 7) is 0. The van der Waals surface area contributed by atoms with Gasteiger partial charge in [-0.25, -0.2) is 0 Å². The van der Waals surface area contributed by atoms with Crippen molar-refractivity contribution in [3.8, 4) is 39.1 Å². The molecular weight excluding hydrogens is 709 g/mol. The van der Waals surface area contributed by atoms with E-state index in [1.54, 1.807) is 0 Å². The van der Waals surface area contributed by atoms with Gasteiger partial charge < -0.3 is 9.47 Å². The summed E-state index contributed by atoms with van der Waals surface area (Å²) in [5.74, 6) is 0. The maximum Gasteiger partial charge on any atom is 0.0562 e. The summed E-state index contributed by atoms with van der Waals surface area (Å²) in [7, 11) is 0. The molecule has 0 aliphatic rings. The first kappa shape index (κ1) is 33.2. The summed E-state index contributed by atoms with van der Waals surface area (Å²) in [5, 5.41) is 5.05. The van der Waals surface area contributed by atoms with Gasteiger partial charge in [0.25, 0.3) is 0 Å². The van der Waals surface area contributed by atoms with Gasteiger partial charge in [-0.3, -0.25) is 0 Å². The van der Waals surface area contributed by atoms with E-state index in [0.29, 0.717) is 0 Å². The third kappa shape index (κ3) is 5.80. The predicted octanol–water partition coefficient (Wildman–Crippen LogP) is 15.6. The second-order valence-electron chi connectivity index (χ2n) is 14.5. The molecule has 0 unspecified atom stereocenters. The first-order valence-corrected chi connectivity index (χ1v) is 20.2. The van der Waals surface area contributed by atoms with Gasteiger partial charge in [-0.1, -0.05) is 146 Å². The maximum atomic E-state index is 2.45. The molecule has 2 heterocycles. The molecule has 0 saturated carbocycles. The van der Waals surface area contributed by atoms with Crippen molar-refractivity contribution in [1.29, 1.82) is 0 Å². The van der Waals surface area contributed by atoms with E-state index in [2.05, 4.69) is 228 Å². The molecule has 0 radical (unpaired) electrons. The second kappa shape index (κ2) is 13.8. The van der Waals surface area contributed by atoms with E-state index in [1.807, 2.05) is 11.3 Å². The third-order valence-electron chi connectivity index (χ3n) is 11.2. The molecule has 11 aromatic rings. The molecule has 57 heavy (non-hydrogen) atoms. The Bertz CT molecular complexity index is 3120. The molecule has 0 atom stereocenters. The lowest BCUT2D eigenvalue weighted by Gasteiger charge is -2.29. The summed E-state index contributed by atoms with van der Waals surface area (Å²) in [6.07, 6.45) is 0. The zero-order valence-corrected chi connectivity index (χ0v) is 31.9. The summed E-state index contributed by atoms with van der Waals surface area (Å²) >= 11 is 1.86. The van der Waals surface area contributed by atoms with Gasteiger partial charge in [0.15, 0.2) is 0 Å². The Hall–Kier alpha value is -7.20. The van der Waals surface area contributed by atoms with Gasteiger partial charge in [0.1, 0.15) is 0 Å². The molecule has 0 N–H and O–H groups in total. The van der Waals surface area contributed by atoms with Gasteiger partial charge in [-0.2, -0.15) is 0 Å². The van der Waals surface area contributed by atoms with Gasteiger partial charge >= 0.3 is 0 Å². The highest BCUT2D eigenvalue weighted by Crippen LogP contribution is 2.47. The van der Waals surface area contributed by atoms with Crippen LogP contribution in [0.25, 0.3) is 81.0 Å². The molecule has 3 heteroatoms. The topological polar surface area (TPSA) is 8.17 Å². The fourth-order valence-corrected chi connectivity index (χ4v) is 9.55. The number of thiophene rings is 1. The Labute approximate surface area is 335 Å². The zero-order chi connectivity index (χ0) is 37.7. The summed E-state index contributed by atoms with van der Waals surface area (Å²) in [4.78, 5) is 2.45. The summed E-state index contributed by atoms with van der Waals surface area (Å²) < 4.78 is 5.03. The molecule has 0 spiro atoms.